The van der Waals surface area contributed by atoms with Crippen LogP contribution in [0.4, 0.5) is 0 Å². The maximum atomic E-state index is 13.2. The van der Waals surface area contributed by atoms with Gasteiger partial charge in [-0.05, 0) is 17.7 Å². The van der Waals surface area contributed by atoms with Gasteiger partial charge in [-0.1, -0.05) is 30.3 Å². The Kier molecular flexibility index (Phi) is 6.62. The molecule has 1 aromatic carbocycles. The number of nitrogens with zero attached hydrogens (tertiary/aromatic N) is 3. The van der Waals surface area contributed by atoms with Crippen LogP contribution in [0.25, 0.3) is 10.4 Å². The van der Waals surface area contributed by atoms with Crippen molar-refractivity contribution in [2.45, 2.75) is 10.3 Å². The summed E-state index contributed by atoms with van der Waals surface area (Å²) < 4.78 is 54.3. The number of sulfonamides is 1. The van der Waals surface area contributed by atoms with Crippen molar-refractivity contribution >= 4 is 37.5 Å². The van der Waals surface area contributed by atoms with Crippen LogP contribution in [0, 0.1) is 0 Å². The summed E-state index contributed by atoms with van der Waals surface area (Å²) in [6.07, 6.45) is 0. The molecular weight excluding hydrogens is 452 g/mol. The van der Waals surface area contributed by atoms with Crippen molar-refractivity contribution in [1.29, 1.82) is 0 Å². The van der Waals surface area contributed by atoms with Gasteiger partial charge < -0.3 is 0 Å². The van der Waals surface area contributed by atoms with Crippen molar-refractivity contribution in [3.8, 4) is 10.4 Å². The number of benzene rings is 1. The zero-order valence-electron chi connectivity index (χ0n) is 16.3. The molecule has 2 heterocycles. The molecule has 2 aromatic rings. The Hall–Kier alpha value is -1.87. The van der Waals surface area contributed by atoms with Crippen LogP contribution in [0.2, 0.25) is 0 Å². The molecule has 0 aliphatic carbocycles. The van der Waals surface area contributed by atoms with E-state index >= 15 is 0 Å². The number of carbonyl (C=O) groups excluding carboxylic acids is 1. The molecule has 0 spiro atoms. The summed E-state index contributed by atoms with van der Waals surface area (Å²) in [5.41, 5.74) is 2.30. The van der Waals surface area contributed by atoms with Gasteiger partial charge in [0.25, 0.3) is 26.1 Å². The van der Waals surface area contributed by atoms with E-state index in [1.54, 1.807) is 6.07 Å². The third-order valence-corrected chi connectivity index (χ3v) is 10.1. The molecule has 1 saturated heterocycles. The summed E-state index contributed by atoms with van der Waals surface area (Å²) >= 11 is 1.06. The average Bonchev–Trinajstić information content (AvgIpc) is 3.24. The molecule has 0 bridgehead atoms. The standard InChI is InChI=1S/C17H22N4O6S3/c1-19(2)30(26,27)20-10-11-21(14(12-20)17(22)18-23)29(24,25)16-9-8-15(28-16)13-6-4-3-5-7-13/h3-9,14,23H,10-12H2,1-2H3,(H,18,22)/t14-/m1/s1. The van der Waals surface area contributed by atoms with Gasteiger partial charge in [-0.25, -0.2) is 13.9 Å². The molecule has 1 aliphatic rings. The summed E-state index contributed by atoms with van der Waals surface area (Å²) in [5.74, 6) is -1.00. The van der Waals surface area contributed by atoms with Crippen LogP contribution in [0.3, 0.4) is 0 Å². The molecule has 1 fully saturated rings. The summed E-state index contributed by atoms with van der Waals surface area (Å²) in [5, 5.41) is 9.10. The minimum absolute atomic E-state index is 0.0287. The van der Waals surface area contributed by atoms with Crippen molar-refractivity contribution < 1.29 is 26.8 Å². The minimum Gasteiger partial charge on any atom is -0.289 e. The number of rotatable bonds is 6. The van der Waals surface area contributed by atoms with Crippen molar-refractivity contribution in [3.05, 3.63) is 42.5 Å². The van der Waals surface area contributed by atoms with Gasteiger partial charge in [0.15, 0.2) is 0 Å². The highest BCUT2D eigenvalue weighted by molar-refractivity contribution is 7.91. The summed E-state index contributed by atoms with van der Waals surface area (Å²) in [6, 6.07) is 11.0. The first-order chi connectivity index (χ1) is 14.1. The Bertz CT molecular complexity index is 1120. The molecule has 30 heavy (non-hydrogen) atoms. The highest BCUT2D eigenvalue weighted by atomic mass is 32.2. The topological polar surface area (TPSA) is 127 Å². The first kappa shape index (κ1) is 22.8. The fraction of sp³-hybridized carbons (Fsp3) is 0.353. The molecule has 1 amide bonds. The van der Waals surface area contributed by atoms with Gasteiger partial charge in [-0.3, -0.25) is 10.0 Å². The summed E-state index contributed by atoms with van der Waals surface area (Å²) in [4.78, 5) is 13.0. The van der Waals surface area contributed by atoms with Crippen LogP contribution >= 0.6 is 11.3 Å². The van der Waals surface area contributed by atoms with Gasteiger partial charge in [-0.15, -0.1) is 11.3 Å². The van der Waals surface area contributed by atoms with Gasteiger partial charge in [-0.2, -0.15) is 21.3 Å². The first-order valence-electron chi connectivity index (χ1n) is 8.87. The van der Waals surface area contributed by atoms with E-state index in [4.69, 9.17) is 5.21 Å². The lowest BCUT2D eigenvalue weighted by Gasteiger charge is -2.38. The third-order valence-electron chi connectivity index (χ3n) is 4.70. The first-order valence-corrected chi connectivity index (χ1v) is 12.5. The number of amides is 1. The second kappa shape index (κ2) is 8.70. The number of nitrogens with one attached hydrogen (secondary N) is 1. The molecule has 1 atom stereocenters. The van der Waals surface area contributed by atoms with Crippen LogP contribution < -0.4 is 5.48 Å². The Morgan fingerprint density at radius 2 is 1.77 bits per heavy atom. The molecular formula is C17H22N4O6S3. The van der Waals surface area contributed by atoms with Gasteiger partial charge in [0.05, 0.1) is 0 Å². The smallest absolute Gasteiger partial charge is 0.281 e. The van der Waals surface area contributed by atoms with Crippen molar-refractivity contribution in [3.63, 3.8) is 0 Å². The Morgan fingerprint density at radius 1 is 1.10 bits per heavy atom. The quantitative estimate of drug-likeness (QED) is 0.461. The lowest BCUT2D eigenvalue weighted by Crippen LogP contribution is -2.62. The molecule has 3 rings (SSSR count). The van der Waals surface area contributed by atoms with E-state index in [1.165, 1.54) is 25.6 Å². The van der Waals surface area contributed by atoms with Gasteiger partial charge in [0, 0.05) is 38.6 Å². The zero-order valence-corrected chi connectivity index (χ0v) is 18.7. The summed E-state index contributed by atoms with van der Waals surface area (Å²) in [6.45, 7) is -0.763. The number of hydrogen-bond acceptors (Lipinski definition) is 7. The SMILES string of the molecule is CN(C)S(=O)(=O)N1CCN(S(=O)(=O)c2ccc(-c3ccccc3)s2)[C@@H](C(=O)NO)C1. The van der Waals surface area contributed by atoms with Gasteiger partial charge in [0.1, 0.15) is 10.3 Å². The van der Waals surface area contributed by atoms with E-state index in [1.807, 2.05) is 30.3 Å². The Balaban J connectivity index is 1.93. The monoisotopic (exact) mass is 474 g/mol. The molecule has 1 aromatic heterocycles. The molecule has 0 radical (unpaired) electrons. The molecule has 0 unspecified atom stereocenters. The molecule has 13 heteroatoms. The van der Waals surface area contributed by atoms with E-state index in [9.17, 15) is 21.6 Å². The number of piperazine rings is 1. The van der Waals surface area contributed by atoms with Crippen LogP contribution in [0.1, 0.15) is 0 Å². The molecule has 10 nitrogen and oxygen atoms in total. The fourth-order valence-electron chi connectivity index (χ4n) is 3.09. The van der Waals surface area contributed by atoms with Crippen molar-refractivity contribution in [2.24, 2.45) is 0 Å². The van der Waals surface area contributed by atoms with E-state index < -0.39 is 38.7 Å². The number of hydroxylamine groups is 1. The van der Waals surface area contributed by atoms with E-state index in [-0.39, 0.29) is 17.3 Å². The highest BCUT2D eigenvalue weighted by Gasteiger charge is 2.44. The van der Waals surface area contributed by atoms with E-state index in [0.29, 0.717) is 0 Å². The lowest BCUT2D eigenvalue weighted by molar-refractivity contribution is -0.134. The predicted molar refractivity (Wildman–Crippen MR) is 112 cm³/mol. The minimum atomic E-state index is -4.10. The largest absolute Gasteiger partial charge is 0.289 e. The molecule has 2 N–H and O–H groups in total. The van der Waals surface area contributed by atoms with Gasteiger partial charge in [0.2, 0.25) is 0 Å². The number of carbonyl (C=O) groups is 1. The maximum Gasteiger partial charge on any atom is 0.281 e. The van der Waals surface area contributed by atoms with E-state index in [0.717, 1.165) is 34.7 Å². The van der Waals surface area contributed by atoms with Gasteiger partial charge >= 0.3 is 0 Å². The second-order valence-electron chi connectivity index (χ2n) is 6.74. The molecule has 0 saturated carbocycles. The highest BCUT2D eigenvalue weighted by Crippen LogP contribution is 2.33. The van der Waals surface area contributed by atoms with Crippen LogP contribution in [0.5, 0.6) is 0 Å². The summed E-state index contributed by atoms with van der Waals surface area (Å²) in [7, 11) is -5.26. The molecule has 164 valence electrons. The molecule has 1 aliphatic heterocycles. The Morgan fingerprint density at radius 3 is 2.37 bits per heavy atom. The normalized spacial score (nSPS) is 19.1. The van der Waals surface area contributed by atoms with Crippen molar-refractivity contribution in [1.82, 2.24) is 18.4 Å². The predicted octanol–water partition coefficient (Wildman–Crippen LogP) is 0.402. The Labute approximate surface area is 179 Å². The zero-order chi connectivity index (χ0) is 22.1. The fourth-order valence-corrected chi connectivity index (χ4v) is 7.20. The second-order valence-corrected chi connectivity index (χ2v) is 12.1. The van der Waals surface area contributed by atoms with Crippen LogP contribution in [-0.2, 0) is 25.0 Å². The average molecular weight is 475 g/mol. The third kappa shape index (κ3) is 4.27. The van der Waals surface area contributed by atoms with Crippen LogP contribution in [-0.4, -0.2) is 80.6 Å². The van der Waals surface area contributed by atoms with E-state index in [2.05, 4.69) is 0 Å². The lowest BCUT2D eigenvalue weighted by atomic mass is 10.2. The van der Waals surface area contributed by atoms with Crippen molar-refractivity contribution in [2.75, 3.05) is 33.7 Å². The maximum absolute atomic E-state index is 13.2. The van der Waals surface area contributed by atoms with Crippen LogP contribution in [0.15, 0.2) is 46.7 Å². The number of thiophene rings is 1. The number of hydrogen-bond donors (Lipinski definition) is 2.